The predicted octanol–water partition coefficient (Wildman–Crippen LogP) is 3.18. The van der Waals surface area contributed by atoms with Crippen LogP contribution in [0.2, 0.25) is 0 Å². The lowest BCUT2D eigenvalue weighted by Crippen LogP contribution is -2.30. The first-order chi connectivity index (χ1) is 11.4. The quantitative estimate of drug-likeness (QED) is 0.764. The molecule has 126 valence electrons. The monoisotopic (exact) mass is 325 g/mol. The van der Waals surface area contributed by atoms with E-state index in [-0.39, 0.29) is 24.4 Å². The molecule has 2 rings (SSSR count). The summed E-state index contributed by atoms with van der Waals surface area (Å²) in [4.78, 5) is 24.0. The van der Waals surface area contributed by atoms with Crippen LogP contribution in [0, 0.1) is 6.92 Å². The Morgan fingerprint density at radius 3 is 2.42 bits per heavy atom. The minimum atomic E-state index is -0.141. The Morgan fingerprint density at radius 1 is 1.00 bits per heavy atom. The molecule has 0 bridgehead atoms. The van der Waals surface area contributed by atoms with Crippen molar-refractivity contribution in [1.82, 2.24) is 5.32 Å². The van der Waals surface area contributed by atoms with Crippen LogP contribution in [0.15, 0.2) is 48.5 Å². The first-order valence-corrected chi connectivity index (χ1v) is 7.95. The van der Waals surface area contributed by atoms with Gasteiger partial charge in [0.1, 0.15) is 0 Å². The second kappa shape index (κ2) is 8.15. The van der Waals surface area contributed by atoms with E-state index >= 15 is 0 Å². The molecule has 0 unspecified atom stereocenters. The summed E-state index contributed by atoms with van der Waals surface area (Å²) >= 11 is 0. The largest absolute Gasteiger partial charge is 0.376 e. The second-order valence-electron chi connectivity index (χ2n) is 5.98. The molecule has 5 heteroatoms. The summed E-state index contributed by atoms with van der Waals surface area (Å²) in [6.45, 7) is 5.93. The first kappa shape index (κ1) is 17.5. The van der Waals surface area contributed by atoms with Crippen LogP contribution < -0.4 is 16.0 Å². The van der Waals surface area contributed by atoms with E-state index in [0.717, 1.165) is 16.9 Å². The van der Waals surface area contributed by atoms with Crippen LogP contribution in [0.4, 0.5) is 11.4 Å². The molecule has 0 fully saturated rings. The van der Waals surface area contributed by atoms with Gasteiger partial charge in [-0.3, -0.25) is 9.59 Å². The highest BCUT2D eigenvalue weighted by atomic mass is 16.2. The zero-order chi connectivity index (χ0) is 17.5. The minimum Gasteiger partial charge on any atom is -0.376 e. The fraction of sp³-hybridized carbons (Fsp3) is 0.263. The lowest BCUT2D eigenvalue weighted by Gasteiger charge is -2.11. The molecule has 3 N–H and O–H groups in total. The number of benzene rings is 2. The number of anilines is 2. The second-order valence-corrected chi connectivity index (χ2v) is 5.98. The van der Waals surface area contributed by atoms with Gasteiger partial charge in [0.25, 0.3) is 5.91 Å². The number of carbonyl (C=O) groups excluding carboxylic acids is 2. The summed E-state index contributed by atoms with van der Waals surface area (Å²) in [5.74, 6) is -0.268. The summed E-state index contributed by atoms with van der Waals surface area (Å²) in [6, 6.07) is 14.8. The maximum Gasteiger partial charge on any atom is 0.251 e. The Labute approximate surface area is 142 Å². The highest BCUT2D eigenvalue weighted by Gasteiger charge is 2.08. The highest BCUT2D eigenvalue weighted by molar-refractivity contribution is 5.96. The van der Waals surface area contributed by atoms with Crippen molar-refractivity contribution in [1.29, 1.82) is 0 Å². The summed E-state index contributed by atoms with van der Waals surface area (Å²) in [7, 11) is 0. The Bertz CT molecular complexity index is 726. The fourth-order valence-electron chi connectivity index (χ4n) is 2.23. The molecule has 2 aromatic carbocycles. The van der Waals surface area contributed by atoms with Gasteiger partial charge < -0.3 is 16.0 Å². The Morgan fingerprint density at radius 2 is 1.71 bits per heavy atom. The number of hydrogen-bond donors (Lipinski definition) is 3. The van der Waals surface area contributed by atoms with E-state index in [0.29, 0.717) is 5.56 Å². The van der Waals surface area contributed by atoms with Crippen LogP contribution in [-0.2, 0) is 4.79 Å². The highest BCUT2D eigenvalue weighted by Crippen LogP contribution is 2.12. The van der Waals surface area contributed by atoms with Gasteiger partial charge in [-0.1, -0.05) is 18.2 Å². The third-order valence-electron chi connectivity index (χ3n) is 3.30. The van der Waals surface area contributed by atoms with Crippen LogP contribution in [0.25, 0.3) is 0 Å². The van der Waals surface area contributed by atoms with E-state index < -0.39 is 0 Å². The number of hydrogen-bond acceptors (Lipinski definition) is 3. The van der Waals surface area contributed by atoms with Gasteiger partial charge in [-0.2, -0.15) is 0 Å². The number of amides is 2. The van der Waals surface area contributed by atoms with Crippen molar-refractivity contribution in [2.24, 2.45) is 0 Å². The van der Waals surface area contributed by atoms with Gasteiger partial charge in [0, 0.05) is 23.0 Å². The van der Waals surface area contributed by atoms with Gasteiger partial charge in [0.15, 0.2) is 0 Å². The molecular formula is C19H23N3O2. The SMILES string of the molecule is Cc1cccc(NC(=O)CNc2cccc(C(=O)NC(C)C)c2)c1. The summed E-state index contributed by atoms with van der Waals surface area (Å²) in [6.07, 6.45) is 0. The molecule has 2 aromatic rings. The van der Waals surface area contributed by atoms with Gasteiger partial charge in [-0.15, -0.1) is 0 Å². The molecule has 0 aromatic heterocycles. The topological polar surface area (TPSA) is 70.2 Å². The van der Waals surface area contributed by atoms with Crippen LogP contribution in [-0.4, -0.2) is 24.4 Å². The smallest absolute Gasteiger partial charge is 0.251 e. The number of nitrogens with one attached hydrogen (secondary N) is 3. The van der Waals surface area contributed by atoms with Gasteiger partial charge in [-0.25, -0.2) is 0 Å². The van der Waals surface area contributed by atoms with E-state index in [1.54, 1.807) is 18.2 Å². The first-order valence-electron chi connectivity index (χ1n) is 7.95. The average Bonchev–Trinajstić information content (AvgIpc) is 2.52. The minimum absolute atomic E-state index is 0.0780. The zero-order valence-corrected chi connectivity index (χ0v) is 14.2. The molecule has 0 spiro atoms. The maximum atomic E-state index is 12.0. The third kappa shape index (κ3) is 5.43. The predicted molar refractivity (Wildman–Crippen MR) is 97.3 cm³/mol. The van der Waals surface area contributed by atoms with Gasteiger partial charge in [0.05, 0.1) is 6.54 Å². The Balaban J connectivity index is 1.92. The van der Waals surface area contributed by atoms with Crippen molar-refractivity contribution in [2.45, 2.75) is 26.8 Å². The van der Waals surface area contributed by atoms with Crippen molar-refractivity contribution in [3.05, 3.63) is 59.7 Å². The molecule has 0 aliphatic rings. The molecule has 0 saturated carbocycles. The summed E-state index contributed by atoms with van der Waals surface area (Å²) in [5.41, 5.74) is 3.15. The Hall–Kier alpha value is -2.82. The van der Waals surface area contributed by atoms with Crippen molar-refractivity contribution >= 4 is 23.2 Å². The molecular weight excluding hydrogens is 302 g/mol. The van der Waals surface area contributed by atoms with Gasteiger partial charge in [0.2, 0.25) is 5.91 Å². The zero-order valence-electron chi connectivity index (χ0n) is 14.2. The number of carbonyl (C=O) groups is 2. The molecule has 0 radical (unpaired) electrons. The number of rotatable bonds is 6. The third-order valence-corrected chi connectivity index (χ3v) is 3.30. The van der Waals surface area contributed by atoms with Gasteiger partial charge in [-0.05, 0) is 56.7 Å². The van der Waals surface area contributed by atoms with Crippen LogP contribution in [0.5, 0.6) is 0 Å². The van der Waals surface area contributed by atoms with Crippen LogP contribution in [0.3, 0.4) is 0 Å². The molecule has 0 aliphatic carbocycles. The molecule has 2 amide bonds. The molecule has 0 aliphatic heterocycles. The molecule has 0 heterocycles. The standard InChI is InChI=1S/C19H23N3O2/c1-13(2)21-19(24)15-7-5-8-16(11-15)20-12-18(23)22-17-9-4-6-14(3)10-17/h4-11,13,20H,12H2,1-3H3,(H,21,24)(H,22,23). The Kier molecular flexibility index (Phi) is 5.95. The average molecular weight is 325 g/mol. The van der Waals surface area contributed by atoms with Crippen molar-refractivity contribution in [3.8, 4) is 0 Å². The van der Waals surface area contributed by atoms with Crippen molar-refractivity contribution in [3.63, 3.8) is 0 Å². The maximum absolute atomic E-state index is 12.0. The lowest BCUT2D eigenvalue weighted by molar-refractivity contribution is -0.114. The lowest BCUT2D eigenvalue weighted by atomic mass is 10.1. The molecule has 24 heavy (non-hydrogen) atoms. The van der Waals surface area contributed by atoms with E-state index in [4.69, 9.17) is 0 Å². The molecule has 0 saturated heterocycles. The van der Waals surface area contributed by atoms with E-state index in [1.807, 2.05) is 51.1 Å². The summed E-state index contributed by atoms with van der Waals surface area (Å²) in [5, 5.41) is 8.71. The van der Waals surface area contributed by atoms with E-state index in [1.165, 1.54) is 0 Å². The number of aryl methyl sites for hydroxylation is 1. The van der Waals surface area contributed by atoms with Crippen LogP contribution in [0.1, 0.15) is 29.8 Å². The fourth-order valence-corrected chi connectivity index (χ4v) is 2.23. The molecule has 5 nitrogen and oxygen atoms in total. The van der Waals surface area contributed by atoms with E-state index in [2.05, 4.69) is 16.0 Å². The summed E-state index contributed by atoms with van der Waals surface area (Å²) < 4.78 is 0. The normalized spacial score (nSPS) is 10.3. The molecule has 0 atom stereocenters. The van der Waals surface area contributed by atoms with Crippen LogP contribution >= 0.6 is 0 Å². The van der Waals surface area contributed by atoms with Gasteiger partial charge >= 0.3 is 0 Å². The van der Waals surface area contributed by atoms with E-state index in [9.17, 15) is 9.59 Å². The van der Waals surface area contributed by atoms with Crippen molar-refractivity contribution < 1.29 is 9.59 Å². The van der Waals surface area contributed by atoms with Crippen molar-refractivity contribution in [2.75, 3.05) is 17.2 Å².